The summed E-state index contributed by atoms with van der Waals surface area (Å²) in [5, 5.41) is 0.968. The van der Waals surface area contributed by atoms with Gasteiger partial charge < -0.3 is 9.15 Å². The smallest absolute Gasteiger partial charge is 0.340 e. The van der Waals surface area contributed by atoms with E-state index in [-0.39, 0.29) is 34.9 Å². The van der Waals surface area contributed by atoms with Gasteiger partial charge in [-0.25, -0.2) is 13.2 Å². The summed E-state index contributed by atoms with van der Waals surface area (Å²) in [6.45, 7) is 1.61. The number of anilines is 1. The summed E-state index contributed by atoms with van der Waals surface area (Å²) < 4.78 is 39.6. The Morgan fingerprint density at radius 3 is 2.33 bits per heavy atom. The molecule has 8 nitrogen and oxygen atoms in total. The molecule has 1 aliphatic rings. The van der Waals surface area contributed by atoms with Gasteiger partial charge in [0.2, 0.25) is 10.0 Å². The van der Waals surface area contributed by atoms with Gasteiger partial charge in [-0.2, -0.15) is 4.31 Å². The lowest BCUT2D eigenvalue weighted by atomic mass is 10.1. The van der Waals surface area contributed by atoms with Crippen molar-refractivity contribution in [1.29, 1.82) is 0 Å². The third kappa shape index (κ3) is 6.45. The summed E-state index contributed by atoms with van der Waals surface area (Å²) in [6.07, 6.45) is 1.45. The summed E-state index contributed by atoms with van der Waals surface area (Å²) in [4.78, 5) is 27.9. The summed E-state index contributed by atoms with van der Waals surface area (Å²) in [5.74, 6) is -0.563. The van der Waals surface area contributed by atoms with Crippen LogP contribution in [0.15, 0.2) is 117 Å². The first-order valence-electron chi connectivity index (χ1n) is 13.1. The zero-order valence-corrected chi connectivity index (χ0v) is 25.5. The number of sulfonamides is 1. The highest BCUT2D eigenvalue weighted by molar-refractivity contribution is 7.89. The maximum absolute atomic E-state index is 13.6. The van der Waals surface area contributed by atoms with E-state index in [2.05, 4.69) is 0 Å². The van der Waals surface area contributed by atoms with Gasteiger partial charge in [0.15, 0.2) is 0 Å². The van der Waals surface area contributed by atoms with E-state index in [0.717, 1.165) is 5.56 Å². The summed E-state index contributed by atoms with van der Waals surface area (Å²) in [7, 11) is -2.68. The van der Waals surface area contributed by atoms with Gasteiger partial charge in [0.05, 0.1) is 35.4 Å². The van der Waals surface area contributed by atoms with Crippen LogP contribution in [0.25, 0.3) is 6.08 Å². The molecule has 0 radical (unpaired) electrons. The van der Waals surface area contributed by atoms with Crippen LogP contribution in [0.2, 0.25) is 10.0 Å². The molecular formula is C32H26Cl2N2O6S. The molecule has 220 valence electrons. The van der Waals surface area contributed by atoms with Crippen LogP contribution in [0.3, 0.4) is 0 Å². The molecule has 0 aliphatic carbocycles. The highest BCUT2D eigenvalue weighted by Crippen LogP contribution is 2.36. The second-order valence-corrected chi connectivity index (χ2v) is 12.5. The quantitative estimate of drug-likeness (QED) is 0.147. The largest absolute Gasteiger partial charge is 0.465 e. The SMILES string of the molecule is COC(=O)C1=C(C)N(c2cccc(Cl)c2)C(=O)/C1=C/c1ccc(CN(Cc2ccc(Cl)cc2)S(=O)(=O)c2ccccc2)o1. The Kier molecular flexibility index (Phi) is 8.89. The number of rotatable bonds is 9. The van der Waals surface area contributed by atoms with Crippen LogP contribution in [0.4, 0.5) is 5.69 Å². The number of allylic oxidation sites excluding steroid dienone is 1. The number of nitrogens with zero attached hydrogens (tertiary/aromatic N) is 2. The number of methoxy groups -OCH3 is 1. The van der Waals surface area contributed by atoms with Crippen molar-refractivity contribution in [2.75, 3.05) is 12.0 Å². The Morgan fingerprint density at radius 2 is 1.65 bits per heavy atom. The number of amides is 1. The van der Waals surface area contributed by atoms with Gasteiger partial charge in [-0.1, -0.05) is 59.6 Å². The van der Waals surface area contributed by atoms with E-state index < -0.39 is 21.9 Å². The molecule has 3 aromatic carbocycles. The van der Waals surface area contributed by atoms with Gasteiger partial charge >= 0.3 is 5.97 Å². The van der Waals surface area contributed by atoms with Crippen molar-refractivity contribution in [2.24, 2.45) is 0 Å². The number of hydrogen-bond acceptors (Lipinski definition) is 6. The molecule has 5 rings (SSSR count). The average molecular weight is 638 g/mol. The zero-order valence-electron chi connectivity index (χ0n) is 23.2. The van der Waals surface area contributed by atoms with E-state index in [4.69, 9.17) is 32.4 Å². The van der Waals surface area contributed by atoms with Crippen LogP contribution >= 0.6 is 23.2 Å². The maximum atomic E-state index is 13.6. The molecule has 0 atom stereocenters. The van der Waals surface area contributed by atoms with Crippen molar-refractivity contribution >= 4 is 56.9 Å². The molecule has 43 heavy (non-hydrogen) atoms. The highest BCUT2D eigenvalue weighted by atomic mass is 35.5. The number of esters is 1. The molecule has 2 heterocycles. The van der Waals surface area contributed by atoms with E-state index in [0.29, 0.717) is 27.2 Å². The fourth-order valence-corrected chi connectivity index (χ4v) is 6.47. The van der Waals surface area contributed by atoms with E-state index >= 15 is 0 Å². The Balaban J connectivity index is 1.48. The number of hydrogen-bond donors (Lipinski definition) is 0. The van der Waals surface area contributed by atoms with Crippen LogP contribution in [0, 0.1) is 0 Å². The highest BCUT2D eigenvalue weighted by Gasteiger charge is 2.38. The molecule has 0 unspecified atom stereocenters. The number of ether oxygens (including phenoxy) is 1. The molecule has 0 fully saturated rings. The average Bonchev–Trinajstić information content (AvgIpc) is 3.54. The Morgan fingerprint density at radius 1 is 0.930 bits per heavy atom. The summed E-state index contributed by atoms with van der Waals surface area (Å²) in [5.41, 5.74) is 1.75. The van der Waals surface area contributed by atoms with Crippen molar-refractivity contribution in [3.05, 3.63) is 135 Å². The molecule has 0 spiro atoms. The van der Waals surface area contributed by atoms with Gasteiger partial charge in [-0.15, -0.1) is 0 Å². The molecule has 0 N–H and O–H groups in total. The van der Waals surface area contributed by atoms with E-state index in [1.807, 2.05) is 0 Å². The predicted octanol–water partition coefficient (Wildman–Crippen LogP) is 6.85. The van der Waals surface area contributed by atoms with E-state index in [1.165, 1.54) is 34.5 Å². The molecule has 0 bridgehead atoms. The van der Waals surface area contributed by atoms with Crippen LogP contribution in [-0.2, 0) is 37.4 Å². The number of furan rings is 1. The monoisotopic (exact) mass is 636 g/mol. The van der Waals surface area contributed by atoms with E-state index in [1.54, 1.807) is 85.8 Å². The lowest BCUT2D eigenvalue weighted by molar-refractivity contribution is -0.136. The van der Waals surface area contributed by atoms with Crippen molar-refractivity contribution in [3.8, 4) is 0 Å². The van der Waals surface area contributed by atoms with Crippen molar-refractivity contribution < 1.29 is 27.2 Å². The van der Waals surface area contributed by atoms with E-state index in [9.17, 15) is 18.0 Å². The third-order valence-electron chi connectivity index (χ3n) is 6.81. The van der Waals surface area contributed by atoms with Gasteiger partial charge in [0.1, 0.15) is 11.5 Å². The minimum absolute atomic E-state index is 0.0625. The standard InChI is InChI=1S/C32H26Cl2N2O6S/c1-21-30(32(38)41-2)29(31(37)36(21)25-8-6-7-24(34)17-25)18-26-15-16-27(42-26)20-35(19-22-11-13-23(33)14-12-22)43(39,40)28-9-4-3-5-10-28/h3-18H,19-20H2,1-2H3/b29-18+. The molecule has 0 saturated heterocycles. The molecule has 1 amide bonds. The second kappa shape index (κ2) is 12.6. The number of halogens is 2. The third-order valence-corrected chi connectivity index (χ3v) is 9.10. The Hall–Kier alpha value is -4.15. The molecule has 1 aromatic heterocycles. The van der Waals surface area contributed by atoms with Crippen molar-refractivity contribution in [2.45, 2.75) is 24.9 Å². The first-order valence-corrected chi connectivity index (χ1v) is 15.3. The second-order valence-electron chi connectivity index (χ2n) is 9.65. The lowest BCUT2D eigenvalue weighted by Gasteiger charge is -2.21. The lowest BCUT2D eigenvalue weighted by Crippen LogP contribution is -2.30. The fraction of sp³-hybridized carbons (Fsp3) is 0.125. The van der Waals surface area contributed by atoms with Gasteiger partial charge in [-0.3, -0.25) is 9.69 Å². The van der Waals surface area contributed by atoms with Crippen LogP contribution in [0.1, 0.15) is 24.0 Å². The summed E-state index contributed by atoms with van der Waals surface area (Å²) >= 11 is 12.2. The number of carbonyl (C=O) groups excluding carboxylic acids is 2. The minimum Gasteiger partial charge on any atom is -0.465 e. The molecule has 1 aliphatic heterocycles. The van der Waals surface area contributed by atoms with Crippen LogP contribution in [-0.4, -0.2) is 31.7 Å². The minimum atomic E-state index is -3.92. The normalized spacial score (nSPS) is 14.7. The van der Waals surface area contributed by atoms with Gasteiger partial charge in [0.25, 0.3) is 5.91 Å². The maximum Gasteiger partial charge on any atom is 0.340 e. The predicted molar refractivity (Wildman–Crippen MR) is 165 cm³/mol. The topological polar surface area (TPSA) is 97.1 Å². The Labute approximate surface area is 259 Å². The van der Waals surface area contributed by atoms with Gasteiger partial charge in [0, 0.05) is 22.3 Å². The number of carbonyl (C=O) groups is 2. The summed E-state index contributed by atoms with van der Waals surface area (Å²) in [6, 6.07) is 25.0. The van der Waals surface area contributed by atoms with Crippen LogP contribution in [0.5, 0.6) is 0 Å². The molecular weight excluding hydrogens is 611 g/mol. The first-order chi connectivity index (χ1) is 20.6. The van der Waals surface area contributed by atoms with Crippen molar-refractivity contribution in [1.82, 2.24) is 4.31 Å². The fourth-order valence-electron chi connectivity index (χ4n) is 4.74. The van der Waals surface area contributed by atoms with Crippen molar-refractivity contribution in [3.63, 3.8) is 0 Å². The Bertz CT molecular complexity index is 1850. The first kappa shape index (κ1) is 30.3. The molecule has 0 saturated carbocycles. The van der Waals surface area contributed by atoms with Gasteiger partial charge in [-0.05, 0) is 73.2 Å². The zero-order chi connectivity index (χ0) is 30.7. The molecule has 4 aromatic rings. The number of benzene rings is 3. The molecule has 11 heteroatoms. The van der Waals surface area contributed by atoms with Crippen LogP contribution < -0.4 is 4.90 Å².